The van der Waals surface area contributed by atoms with Crippen LogP contribution in [0.3, 0.4) is 0 Å². The monoisotopic (exact) mass is 442 g/mol. The number of benzene rings is 2. The van der Waals surface area contributed by atoms with Crippen molar-refractivity contribution in [3.63, 3.8) is 0 Å². The van der Waals surface area contributed by atoms with Crippen LogP contribution in [-0.4, -0.2) is 38.1 Å². The molecule has 0 saturated heterocycles. The highest BCUT2D eigenvalue weighted by Crippen LogP contribution is 2.42. The van der Waals surface area contributed by atoms with Gasteiger partial charge >= 0.3 is 0 Å². The van der Waals surface area contributed by atoms with Crippen LogP contribution in [0.4, 0.5) is 5.69 Å². The van der Waals surface area contributed by atoms with Crippen molar-refractivity contribution in [2.24, 2.45) is 0 Å². The average Bonchev–Trinajstić information content (AvgIpc) is 3.26. The number of nitrogens with one attached hydrogen (secondary N) is 1. The van der Waals surface area contributed by atoms with E-state index in [4.69, 9.17) is 21.1 Å². The van der Waals surface area contributed by atoms with E-state index >= 15 is 0 Å². The van der Waals surface area contributed by atoms with Crippen LogP contribution in [0.2, 0.25) is 5.02 Å². The van der Waals surface area contributed by atoms with Crippen molar-refractivity contribution in [2.45, 2.75) is 12.5 Å². The molecule has 0 bridgehead atoms. The minimum Gasteiger partial charge on any atom is -0.493 e. The molecule has 1 N–H and O–H groups in total. The van der Waals surface area contributed by atoms with Crippen molar-refractivity contribution in [1.82, 2.24) is 4.90 Å². The molecule has 1 unspecified atom stereocenters. The summed E-state index contributed by atoms with van der Waals surface area (Å²) in [6.07, 6.45) is 0.835. The van der Waals surface area contributed by atoms with Gasteiger partial charge in [0.15, 0.2) is 11.5 Å². The highest BCUT2D eigenvalue weighted by atomic mass is 35.5. The molecule has 0 saturated carbocycles. The molecule has 156 valence electrons. The quantitative estimate of drug-likeness (QED) is 0.583. The molecule has 0 aliphatic carbocycles. The van der Waals surface area contributed by atoms with Gasteiger partial charge in [0.1, 0.15) is 0 Å². The van der Waals surface area contributed by atoms with Crippen molar-refractivity contribution < 1.29 is 14.3 Å². The number of rotatable bonds is 6. The summed E-state index contributed by atoms with van der Waals surface area (Å²) in [6, 6.07) is 15.4. The van der Waals surface area contributed by atoms with E-state index in [9.17, 15) is 4.79 Å². The maximum absolute atomic E-state index is 12.8. The fourth-order valence-corrected chi connectivity index (χ4v) is 4.97. The van der Waals surface area contributed by atoms with Gasteiger partial charge in [0.25, 0.3) is 0 Å². The normalized spacial score (nSPS) is 16.0. The van der Waals surface area contributed by atoms with Gasteiger partial charge in [-0.3, -0.25) is 9.69 Å². The second-order valence-electron chi connectivity index (χ2n) is 7.10. The van der Waals surface area contributed by atoms with Crippen molar-refractivity contribution in [3.8, 4) is 11.5 Å². The summed E-state index contributed by atoms with van der Waals surface area (Å²) in [7, 11) is 3.29. The molecule has 0 fully saturated rings. The Balaban J connectivity index is 1.63. The van der Waals surface area contributed by atoms with Gasteiger partial charge in [-0.1, -0.05) is 23.7 Å². The molecule has 2 heterocycles. The summed E-state index contributed by atoms with van der Waals surface area (Å²) in [6.45, 7) is 1.05. The van der Waals surface area contributed by atoms with Crippen molar-refractivity contribution in [1.29, 1.82) is 0 Å². The molecule has 30 heavy (non-hydrogen) atoms. The summed E-state index contributed by atoms with van der Waals surface area (Å²) in [5.74, 6) is 1.36. The number of thiophene rings is 1. The number of amides is 1. The molecule has 1 aliphatic rings. The maximum atomic E-state index is 12.8. The third-order valence-electron chi connectivity index (χ3n) is 5.24. The lowest BCUT2D eigenvalue weighted by molar-refractivity contribution is -0.117. The highest BCUT2D eigenvalue weighted by Gasteiger charge is 2.32. The van der Waals surface area contributed by atoms with Crippen LogP contribution in [0.1, 0.15) is 22.0 Å². The van der Waals surface area contributed by atoms with Crippen LogP contribution < -0.4 is 14.8 Å². The lowest BCUT2D eigenvalue weighted by Crippen LogP contribution is -2.40. The number of anilines is 1. The van der Waals surface area contributed by atoms with Crippen LogP contribution in [0, 0.1) is 0 Å². The summed E-state index contributed by atoms with van der Waals surface area (Å²) in [5, 5.41) is 5.61. The molecular weight excluding hydrogens is 420 g/mol. The molecule has 1 aromatic heterocycles. The first kappa shape index (κ1) is 20.7. The number of ether oxygens (including phenoxy) is 2. The van der Waals surface area contributed by atoms with E-state index in [1.807, 2.05) is 24.3 Å². The topological polar surface area (TPSA) is 50.8 Å². The second-order valence-corrected chi connectivity index (χ2v) is 8.52. The fourth-order valence-electron chi connectivity index (χ4n) is 3.90. The molecule has 1 aliphatic heterocycles. The largest absolute Gasteiger partial charge is 0.493 e. The average molecular weight is 443 g/mol. The van der Waals surface area contributed by atoms with E-state index in [0.717, 1.165) is 24.3 Å². The van der Waals surface area contributed by atoms with Crippen LogP contribution >= 0.6 is 22.9 Å². The predicted molar refractivity (Wildman–Crippen MR) is 121 cm³/mol. The Morgan fingerprint density at radius 3 is 2.67 bits per heavy atom. The number of hydrogen-bond donors (Lipinski definition) is 1. The van der Waals surface area contributed by atoms with E-state index in [0.29, 0.717) is 16.5 Å². The summed E-state index contributed by atoms with van der Waals surface area (Å²) in [4.78, 5) is 16.2. The number of methoxy groups -OCH3 is 2. The van der Waals surface area contributed by atoms with Crippen molar-refractivity contribution in [3.05, 3.63) is 74.9 Å². The number of carbonyl (C=O) groups is 1. The number of carbonyl (C=O) groups excluding carboxylic acids is 1. The van der Waals surface area contributed by atoms with Gasteiger partial charge in [0.05, 0.1) is 26.8 Å². The van der Waals surface area contributed by atoms with Gasteiger partial charge in [-0.25, -0.2) is 0 Å². The summed E-state index contributed by atoms with van der Waals surface area (Å²) < 4.78 is 11.0. The van der Waals surface area contributed by atoms with Crippen LogP contribution in [0.15, 0.2) is 53.9 Å². The van der Waals surface area contributed by atoms with E-state index in [1.54, 1.807) is 37.7 Å². The van der Waals surface area contributed by atoms with Gasteiger partial charge in [-0.15, -0.1) is 11.3 Å². The zero-order chi connectivity index (χ0) is 21.1. The fraction of sp³-hybridized carbons (Fsp3) is 0.261. The van der Waals surface area contributed by atoms with Gasteiger partial charge in [-0.2, -0.15) is 0 Å². The SMILES string of the molecule is COc1cc2c(cc1OC)C(c1cccs1)N(CC(=O)Nc1cccc(Cl)c1)CC2. The predicted octanol–water partition coefficient (Wildman–Crippen LogP) is 5.00. The van der Waals surface area contributed by atoms with Crippen LogP contribution in [-0.2, 0) is 11.2 Å². The van der Waals surface area contributed by atoms with E-state index in [1.165, 1.54) is 10.4 Å². The minimum absolute atomic E-state index is 0.0151. The molecule has 7 heteroatoms. The summed E-state index contributed by atoms with van der Waals surface area (Å²) in [5.41, 5.74) is 3.07. The first-order chi connectivity index (χ1) is 14.6. The third kappa shape index (κ3) is 4.31. The number of halogens is 1. The standard InChI is InChI=1S/C23H23ClN2O3S/c1-28-19-11-15-8-9-26(14-22(27)25-17-6-3-5-16(24)12-17)23(21-7-4-10-30-21)18(15)13-20(19)29-2/h3-7,10-13,23H,8-9,14H2,1-2H3,(H,25,27). The van der Waals surface area contributed by atoms with Gasteiger partial charge in [-0.05, 0) is 59.3 Å². The molecule has 1 amide bonds. The molecule has 3 aromatic rings. The number of hydrogen-bond acceptors (Lipinski definition) is 5. The zero-order valence-electron chi connectivity index (χ0n) is 16.9. The Morgan fingerprint density at radius 2 is 1.97 bits per heavy atom. The number of nitrogens with zero attached hydrogens (tertiary/aromatic N) is 1. The van der Waals surface area contributed by atoms with Gasteiger partial charge < -0.3 is 14.8 Å². The van der Waals surface area contributed by atoms with Crippen molar-refractivity contribution >= 4 is 34.5 Å². The Morgan fingerprint density at radius 1 is 1.17 bits per heavy atom. The Bertz CT molecular complexity index is 1040. The molecule has 4 rings (SSSR count). The third-order valence-corrected chi connectivity index (χ3v) is 6.40. The van der Waals surface area contributed by atoms with Crippen LogP contribution in [0.25, 0.3) is 0 Å². The van der Waals surface area contributed by atoms with E-state index in [2.05, 4.69) is 27.7 Å². The molecule has 1 atom stereocenters. The first-order valence-electron chi connectivity index (χ1n) is 9.66. The Labute approximate surface area is 185 Å². The number of fused-ring (bicyclic) bond motifs is 1. The van der Waals surface area contributed by atoms with Gasteiger partial charge in [0, 0.05) is 22.1 Å². The smallest absolute Gasteiger partial charge is 0.238 e. The molecular formula is C23H23ClN2O3S. The van der Waals surface area contributed by atoms with Gasteiger partial charge in [0.2, 0.25) is 5.91 Å². The summed E-state index contributed by atoms with van der Waals surface area (Å²) >= 11 is 7.73. The highest BCUT2D eigenvalue weighted by molar-refractivity contribution is 7.10. The molecule has 2 aromatic carbocycles. The minimum atomic E-state index is -0.0669. The molecule has 0 radical (unpaired) electrons. The lowest BCUT2D eigenvalue weighted by atomic mass is 9.91. The first-order valence-corrected chi connectivity index (χ1v) is 10.9. The lowest BCUT2D eigenvalue weighted by Gasteiger charge is -2.37. The van der Waals surface area contributed by atoms with E-state index in [-0.39, 0.29) is 18.5 Å². The van der Waals surface area contributed by atoms with Crippen molar-refractivity contribution in [2.75, 3.05) is 32.6 Å². The molecule has 0 spiro atoms. The second kappa shape index (κ2) is 9.08. The Kier molecular flexibility index (Phi) is 6.27. The zero-order valence-corrected chi connectivity index (χ0v) is 18.4. The molecule has 5 nitrogen and oxygen atoms in total. The maximum Gasteiger partial charge on any atom is 0.238 e. The van der Waals surface area contributed by atoms with Crippen LogP contribution in [0.5, 0.6) is 11.5 Å². The van der Waals surface area contributed by atoms with E-state index < -0.39 is 0 Å². The Hall–Kier alpha value is -2.54.